The SMILES string of the molecule is C[C@@H]1C[C@H](C)CN(C(=O)c2cc(Br)ccc2NC(=O)C2CC(=O)C(N(C)C)C2)C1. The van der Waals surface area contributed by atoms with Gasteiger partial charge in [-0.25, -0.2) is 0 Å². The maximum atomic E-state index is 13.3. The number of benzene rings is 1. The Bertz CT molecular complexity index is 800. The number of nitrogens with one attached hydrogen (secondary N) is 1. The molecule has 1 aromatic rings. The molecule has 1 aliphatic carbocycles. The molecule has 6 nitrogen and oxygen atoms in total. The molecule has 1 heterocycles. The fourth-order valence-electron chi connectivity index (χ4n) is 4.60. The van der Waals surface area contributed by atoms with Gasteiger partial charge in [-0.05, 0) is 57.0 Å². The minimum Gasteiger partial charge on any atom is -0.338 e. The van der Waals surface area contributed by atoms with E-state index in [0.29, 0.717) is 29.5 Å². The molecule has 7 heteroatoms. The molecule has 1 saturated carbocycles. The van der Waals surface area contributed by atoms with Crippen LogP contribution in [-0.2, 0) is 9.59 Å². The molecule has 29 heavy (non-hydrogen) atoms. The molecule has 2 amide bonds. The first-order chi connectivity index (χ1) is 13.7. The third-order valence-corrected chi connectivity index (χ3v) is 6.44. The number of halogens is 1. The molecule has 1 saturated heterocycles. The molecule has 4 atom stereocenters. The van der Waals surface area contributed by atoms with Crippen molar-refractivity contribution < 1.29 is 14.4 Å². The molecule has 0 bridgehead atoms. The second-order valence-corrected chi connectivity index (χ2v) is 9.83. The van der Waals surface area contributed by atoms with E-state index < -0.39 is 0 Å². The number of carbonyl (C=O) groups excluding carboxylic acids is 3. The average Bonchev–Trinajstić information content (AvgIpc) is 3.04. The van der Waals surface area contributed by atoms with Crippen molar-refractivity contribution in [2.45, 2.75) is 39.2 Å². The van der Waals surface area contributed by atoms with Gasteiger partial charge in [-0.1, -0.05) is 29.8 Å². The van der Waals surface area contributed by atoms with E-state index in [-0.39, 0.29) is 36.0 Å². The molecule has 2 aliphatic rings. The lowest BCUT2D eigenvalue weighted by atomic mass is 9.91. The summed E-state index contributed by atoms with van der Waals surface area (Å²) < 4.78 is 0.792. The number of likely N-dealkylation sites (N-methyl/N-ethyl adjacent to an activating group) is 1. The molecule has 0 spiro atoms. The maximum Gasteiger partial charge on any atom is 0.256 e. The zero-order valence-corrected chi connectivity index (χ0v) is 19.2. The topological polar surface area (TPSA) is 69.7 Å². The Labute approximate surface area is 181 Å². The number of hydrogen-bond donors (Lipinski definition) is 1. The van der Waals surface area contributed by atoms with Crippen LogP contribution in [0.25, 0.3) is 0 Å². The Hall–Kier alpha value is -1.73. The fraction of sp³-hybridized carbons (Fsp3) is 0.591. The maximum absolute atomic E-state index is 13.3. The van der Waals surface area contributed by atoms with Crippen LogP contribution in [0.3, 0.4) is 0 Å². The minimum absolute atomic E-state index is 0.0614. The summed E-state index contributed by atoms with van der Waals surface area (Å²) in [7, 11) is 3.71. The third kappa shape index (κ3) is 5.07. The van der Waals surface area contributed by atoms with E-state index in [1.165, 1.54) is 0 Å². The van der Waals surface area contributed by atoms with Crippen LogP contribution in [0.1, 0.15) is 43.5 Å². The first-order valence-corrected chi connectivity index (χ1v) is 11.0. The Morgan fingerprint density at radius 1 is 1.14 bits per heavy atom. The van der Waals surface area contributed by atoms with Crippen LogP contribution >= 0.6 is 15.9 Å². The Kier molecular flexibility index (Phi) is 6.79. The largest absolute Gasteiger partial charge is 0.338 e. The molecule has 3 rings (SSSR count). The van der Waals surface area contributed by atoms with Crippen molar-refractivity contribution in [3.8, 4) is 0 Å². The summed E-state index contributed by atoms with van der Waals surface area (Å²) in [6.07, 6.45) is 1.88. The normalized spacial score (nSPS) is 27.4. The van der Waals surface area contributed by atoms with Crippen molar-refractivity contribution >= 4 is 39.2 Å². The van der Waals surface area contributed by atoms with Gasteiger partial charge in [0.1, 0.15) is 0 Å². The number of anilines is 1. The van der Waals surface area contributed by atoms with Crippen LogP contribution in [-0.4, -0.2) is 60.6 Å². The lowest BCUT2D eigenvalue weighted by molar-refractivity contribution is -0.123. The van der Waals surface area contributed by atoms with Crippen molar-refractivity contribution in [3.63, 3.8) is 0 Å². The van der Waals surface area contributed by atoms with Crippen molar-refractivity contribution in [2.24, 2.45) is 17.8 Å². The standard InChI is InChI=1S/C22H30BrN3O3/c1-13-7-14(2)12-26(11-13)22(29)17-10-16(23)5-6-18(17)24-21(28)15-8-19(25(3)4)20(27)9-15/h5-6,10,13-15,19H,7-9,11-12H2,1-4H3,(H,24,28)/t13-,14+,15?,19?. The summed E-state index contributed by atoms with van der Waals surface area (Å²) >= 11 is 3.44. The van der Waals surface area contributed by atoms with Crippen LogP contribution in [0.5, 0.6) is 0 Å². The van der Waals surface area contributed by atoms with E-state index >= 15 is 0 Å². The number of carbonyl (C=O) groups is 3. The van der Waals surface area contributed by atoms with Crippen LogP contribution < -0.4 is 5.32 Å². The lowest BCUT2D eigenvalue weighted by Crippen LogP contribution is -2.42. The van der Waals surface area contributed by atoms with Crippen LogP contribution in [0.15, 0.2) is 22.7 Å². The number of likely N-dealkylation sites (tertiary alicyclic amines) is 1. The van der Waals surface area contributed by atoms with E-state index in [1.54, 1.807) is 12.1 Å². The van der Waals surface area contributed by atoms with Gasteiger partial charge in [0.05, 0.1) is 17.3 Å². The number of Topliss-reactive ketones (excluding diaryl/α,β-unsaturated/α-hetero) is 1. The van der Waals surface area contributed by atoms with E-state index in [0.717, 1.165) is 24.0 Å². The summed E-state index contributed by atoms with van der Waals surface area (Å²) in [5.41, 5.74) is 0.998. The van der Waals surface area contributed by atoms with Gasteiger partial charge in [0.2, 0.25) is 5.91 Å². The number of piperidine rings is 1. The van der Waals surface area contributed by atoms with E-state index in [4.69, 9.17) is 0 Å². The van der Waals surface area contributed by atoms with Crippen LogP contribution in [0.4, 0.5) is 5.69 Å². The first-order valence-electron chi connectivity index (χ1n) is 10.2. The molecule has 1 aliphatic heterocycles. The molecule has 2 unspecified atom stereocenters. The predicted molar refractivity (Wildman–Crippen MR) is 117 cm³/mol. The summed E-state index contributed by atoms with van der Waals surface area (Å²) in [6.45, 7) is 5.78. The van der Waals surface area contributed by atoms with Crippen molar-refractivity contribution in [3.05, 3.63) is 28.2 Å². The van der Waals surface area contributed by atoms with Gasteiger partial charge in [0.25, 0.3) is 5.91 Å². The molecule has 158 valence electrons. The number of amides is 2. The minimum atomic E-state index is -0.364. The summed E-state index contributed by atoms with van der Waals surface area (Å²) in [5, 5.41) is 2.92. The van der Waals surface area contributed by atoms with Gasteiger partial charge in [-0.3, -0.25) is 19.3 Å². The average molecular weight is 464 g/mol. The second-order valence-electron chi connectivity index (χ2n) is 8.92. The Balaban J connectivity index is 1.78. The molecular formula is C22H30BrN3O3. The van der Waals surface area contributed by atoms with Crippen LogP contribution in [0, 0.1) is 17.8 Å². The van der Waals surface area contributed by atoms with Gasteiger partial charge in [-0.2, -0.15) is 0 Å². The van der Waals surface area contributed by atoms with Crippen molar-refractivity contribution in [2.75, 3.05) is 32.5 Å². The van der Waals surface area contributed by atoms with Gasteiger partial charge >= 0.3 is 0 Å². The second kappa shape index (κ2) is 8.96. The zero-order chi connectivity index (χ0) is 21.3. The van der Waals surface area contributed by atoms with Crippen LogP contribution in [0.2, 0.25) is 0 Å². The smallest absolute Gasteiger partial charge is 0.256 e. The Morgan fingerprint density at radius 2 is 1.79 bits per heavy atom. The molecule has 1 aromatic carbocycles. The van der Waals surface area contributed by atoms with Gasteiger partial charge < -0.3 is 10.2 Å². The molecule has 0 aromatic heterocycles. The highest BCUT2D eigenvalue weighted by Gasteiger charge is 2.38. The van der Waals surface area contributed by atoms with Gasteiger partial charge in [0.15, 0.2) is 5.78 Å². The van der Waals surface area contributed by atoms with E-state index in [9.17, 15) is 14.4 Å². The highest BCUT2D eigenvalue weighted by atomic mass is 79.9. The lowest BCUT2D eigenvalue weighted by Gasteiger charge is -2.35. The monoisotopic (exact) mass is 463 g/mol. The molecule has 0 radical (unpaired) electrons. The fourth-order valence-corrected chi connectivity index (χ4v) is 4.96. The number of hydrogen-bond acceptors (Lipinski definition) is 4. The summed E-state index contributed by atoms with van der Waals surface area (Å²) in [5.74, 6) is 0.393. The predicted octanol–water partition coefficient (Wildman–Crippen LogP) is 3.42. The summed E-state index contributed by atoms with van der Waals surface area (Å²) in [4.78, 5) is 42.0. The van der Waals surface area contributed by atoms with E-state index in [2.05, 4.69) is 35.1 Å². The quantitative estimate of drug-likeness (QED) is 0.742. The molecular weight excluding hydrogens is 434 g/mol. The number of nitrogens with zero attached hydrogens (tertiary/aromatic N) is 2. The Morgan fingerprint density at radius 3 is 2.38 bits per heavy atom. The molecule has 1 N–H and O–H groups in total. The van der Waals surface area contributed by atoms with Crippen molar-refractivity contribution in [1.29, 1.82) is 0 Å². The van der Waals surface area contributed by atoms with Gasteiger partial charge in [-0.15, -0.1) is 0 Å². The third-order valence-electron chi connectivity index (χ3n) is 5.95. The number of ketones is 1. The van der Waals surface area contributed by atoms with Gasteiger partial charge in [0, 0.05) is 29.9 Å². The highest BCUT2D eigenvalue weighted by molar-refractivity contribution is 9.10. The summed E-state index contributed by atoms with van der Waals surface area (Å²) in [6, 6.07) is 5.13. The van der Waals surface area contributed by atoms with E-state index in [1.807, 2.05) is 30.0 Å². The molecule has 2 fully saturated rings. The zero-order valence-electron chi connectivity index (χ0n) is 17.6. The number of rotatable bonds is 4. The van der Waals surface area contributed by atoms with Crippen molar-refractivity contribution in [1.82, 2.24) is 9.80 Å². The highest BCUT2D eigenvalue weighted by Crippen LogP contribution is 2.30. The first kappa shape index (κ1) is 22.0.